The minimum Gasteiger partial charge on any atom is -0.328 e. The largest absolute Gasteiger partial charge is 0.328 e. The molecule has 1 N–H and O–H groups in total. The van der Waals surface area contributed by atoms with Crippen LogP contribution >= 0.6 is 0 Å². The molecule has 0 aromatic carbocycles. The van der Waals surface area contributed by atoms with Crippen molar-refractivity contribution in [3.63, 3.8) is 0 Å². The third-order valence-corrected chi connectivity index (χ3v) is 4.05. The second-order valence-corrected chi connectivity index (χ2v) is 8.00. The molecule has 0 unspecified atom stereocenters. The van der Waals surface area contributed by atoms with Crippen molar-refractivity contribution in [2.24, 2.45) is 11.8 Å². The van der Waals surface area contributed by atoms with Gasteiger partial charge in [0.25, 0.3) is 0 Å². The third kappa shape index (κ3) is 12.9. The molecule has 0 aliphatic heterocycles. The number of nitrogens with one attached hydrogen (secondary N) is 1. The molecule has 0 spiro atoms. The van der Waals surface area contributed by atoms with Crippen molar-refractivity contribution in [3.05, 3.63) is 0 Å². The molecule has 0 aromatic rings. The van der Waals surface area contributed by atoms with Crippen LogP contribution in [0.15, 0.2) is 0 Å². The lowest BCUT2D eigenvalue weighted by Gasteiger charge is -2.31. The molecule has 0 amide bonds. The van der Waals surface area contributed by atoms with Gasteiger partial charge in [-0.15, -0.1) is 0 Å². The van der Waals surface area contributed by atoms with Crippen LogP contribution in [-0.4, -0.2) is 43.8 Å². The fourth-order valence-electron chi connectivity index (χ4n) is 2.33. The second kappa shape index (κ2) is 10.6. The first-order valence-corrected chi connectivity index (χ1v) is 8.55. The van der Waals surface area contributed by atoms with E-state index in [0.717, 1.165) is 12.5 Å². The van der Waals surface area contributed by atoms with Crippen LogP contribution in [0, 0.1) is 11.8 Å². The Morgan fingerprint density at radius 2 is 1.50 bits per heavy atom. The predicted molar refractivity (Wildman–Crippen MR) is 94.2 cm³/mol. The van der Waals surface area contributed by atoms with Gasteiger partial charge >= 0.3 is 0 Å². The molecule has 0 heterocycles. The van der Waals surface area contributed by atoms with Gasteiger partial charge in [0.2, 0.25) is 0 Å². The molecule has 124 valence electrons. The predicted octanol–water partition coefficient (Wildman–Crippen LogP) is 4.55. The van der Waals surface area contributed by atoms with Crippen molar-refractivity contribution >= 4 is 0 Å². The van der Waals surface area contributed by atoms with Crippen molar-refractivity contribution in [2.45, 2.75) is 73.8 Å². The minimum absolute atomic E-state index is 0.300. The standard InChI is InChI=1S/C10H24N.C8H19N/c1-6-7-8-11(4,5)9-10(2)3;1-6-9-8(4,5)7(2)3/h10H,6-9H2,1-5H3;7,9H,6H2,1-5H3/q+1;. The quantitative estimate of drug-likeness (QED) is 0.646. The molecule has 0 aromatic heterocycles. The molecule has 0 aliphatic rings. The van der Waals surface area contributed by atoms with Crippen LogP contribution in [0.1, 0.15) is 68.2 Å². The third-order valence-electron chi connectivity index (χ3n) is 4.05. The highest BCUT2D eigenvalue weighted by Crippen LogP contribution is 2.13. The summed E-state index contributed by atoms with van der Waals surface area (Å²) < 4.78 is 1.19. The Bertz CT molecular complexity index is 217. The SMILES string of the molecule is CCCC[N+](C)(C)CC(C)C.CCNC(C)(C)C(C)C. The number of unbranched alkanes of at least 4 members (excludes halogenated alkanes) is 1. The van der Waals surface area contributed by atoms with Gasteiger partial charge in [0.15, 0.2) is 0 Å². The average molecular weight is 288 g/mol. The Morgan fingerprint density at radius 3 is 1.75 bits per heavy atom. The summed E-state index contributed by atoms with van der Waals surface area (Å²) in [5.74, 6) is 1.53. The molecule has 0 rings (SSSR count). The van der Waals surface area contributed by atoms with Crippen molar-refractivity contribution in [1.29, 1.82) is 0 Å². The van der Waals surface area contributed by atoms with Crippen molar-refractivity contribution in [2.75, 3.05) is 33.7 Å². The van der Waals surface area contributed by atoms with Crippen LogP contribution in [0.4, 0.5) is 0 Å². The smallest absolute Gasteiger partial charge is 0.0805 e. The Balaban J connectivity index is 0. The zero-order chi connectivity index (χ0) is 16.4. The summed E-state index contributed by atoms with van der Waals surface area (Å²) in [6.07, 6.45) is 2.68. The normalized spacial score (nSPS) is 12.6. The van der Waals surface area contributed by atoms with E-state index in [1.165, 1.54) is 30.4 Å². The van der Waals surface area contributed by atoms with E-state index in [-0.39, 0.29) is 0 Å². The maximum Gasteiger partial charge on any atom is 0.0805 e. The van der Waals surface area contributed by atoms with E-state index in [1.807, 2.05) is 0 Å². The molecule has 0 radical (unpaired) electrons. The Hall–Kier alpha value is -0.0800. The topological polar surface area (TPSA) is 12.0 Å². The maximum absolute atomic E-state index is 3.42. The van der Waals surface area contributed by atoms with E-state index >= 15 is 0 Å². The van der Waals surface area contributed by atoms with Crippen LogP contribution in [0.25, 0.3) is 0 Å². The molecular formula is C18H43N2+. The second-order valence-electron chi connectivity index (χ2n) is 8.00. The van der Waals surface area contributed by atoms with Crippen molar-refractivity contribution in [3.8, 4) is 0 Å². The van der Waals surface area contributed by atoms with E-state index in [9.17, 15) is 0 Å². The highest BCUT2D eigenvalue weighted by atomic mass is 15.3. The average Bonchev–Trinajstić information content (AvgIpc) is 2.25. The van der Waals surface area contributed by atoms with Crippen LogP contribution in [0.2, 0.25) is 0 Å². The van der Waals surface area contributed by atoms with Crippen LogP contribution in [0.5, 0.6) is 0 Å². The Morgan fingerprint density at radius 1 is 1.00 bits per heavy atom. The first-order chi connectivity index (χ1) is 8.98. The molecule has 20 heavy (non-hydrogen) atoms. The summed E-state index contributed by atoms with van der Waals surface area (Å²) >= 11 is 0. The molecule has 2 heteroatoms. The first-order valence-electron chi connectivity index (χ1n) is 8.55. The van der Waals surface area contributed by atoms with Crippen molar-refractivity contribution in [1.82, 2.24) is 5.32 Å². The van der Waals surface area contributed by atoms with Gasteiger partial charge < -0.3 is 9.80 Å². The number of hydrogen-bond acceptors (Lipinski definition) is 1. The van der Waals surface area contributed by atoms with E-state index in [2.05, 4.69) is 74.8 Å². The van der Waals surface area contributed by atoms with E-state index in [4.69, 9.17) is 0 Å². The van der Waals surface area contributed by atoms with Crippen LogP contribution in [0.3, 0.4) is 0 Å². The summed E-state index contributed by atoms with van der Waals surface area (Å²) in [4.78, 5) is 0. The minimum atomic E-state index is 0.300. The van der Waals surface area contributed by atoms with Crippen molar-refractivity contribution < 1.29 is 4.48 Å². The van der Waals surface area contributed by atoms with Gasteiger partial charge in [-0.1, -0.05) is 48.0 Å². The molecule has 0 bridgehead atoms. The number of rotatable bonds is 8. The lowest BCUT2D eigenvalue weighted by atomic mass is 9.91. The molecule has 0 saturated heterocycles. The van der Waals surface area contributed by atoms with E-state index in [0.29, 0.717) is 11.5 Å². The zero-order valence-corrected chi connectivity index (χ0v) is 16.1. The Kier molecular flexibility index (Phi) is 11.8. The highest BCUT2D eigenvalue weighted by Gasteiger charge is 2.19. The first kappa shape index (κ1) is 22.2. The molecule has 0 atom stereocenters. The van der Waals surface area contributed by atoms with E-state index in [1.54, 1.807) is 0 Å². The molecule has 2 nitrogen and oxygen atoms in total. The van der Waals surface area contributed by atoms with Gasteiger partial charge in [-0.25, -0.2) is 0 Å². The van der Waals surface area contributed by atoms with E-state index < -0.39 is 0 Å². The zero-order valence-electron chi connectivity index (χ0n) is 16.1. The summed E-state index contributed by atoms with van der Waals surface area (Å²) in [7, 11) is 4.66. The van der Waals surface area contributed by atoms with Crippen LogP contribution < -0.4 is 5.32 Å². The monoisotopic (exact) mass is 287 g/mol. The number of hydrogen-bond donors (Lipinski definition) is 1. The van der Waals surface area contributed by atoms with Gasteiger partial charge in [0.05, 0.1) is 27.2 Å². The van der Waals surface area contributed by atoms with Gasteiger partial charge in [-0.05, 0) is 32.7 Å². The number of nitrogens with zero attached hydrogens (tertiary/aromatic N) is 1. The summed E-state index contributed by atoms with van der Waals surface area (Å²) in [5, 5.41) is 3.42. The summed E-state index contributed by atoms with van der Waals surface area (Å²) in [6.45, 7) is 21.6. The Labute approximate surface area is 129 Å². The maximum atomic E-state index is 3.42. The molecule has 0 fully saturated rings. The van der Waals surface area contributed by atoms with Gasteiger partial charge in [-0.3, -0.25) is 0 Å². The van der Waals surface area contributed by atoms with Gasteiger partial charge in [0, 0.05) is 11.5 Å². The summed E-state index contributed by atoms with van der Waals surface area (Å²) in [5.41, 5.74) is 0.300. The molecule has 0 aliphatic carbocycles. The fourth-order valence-corrected chi connectivity index (χ4v) is 2.33. The summed E-state index contributed by atoms with van der Waals surface area (Å²) in [6, 6.07) is 0. The molecular weight excluding hydrogens is 244 g/mol. The fraction of sp³-hybridized carbons (Fsp3) is 1.00. The molecule has 0 saturated carbocycles. The van der Waals surface area contributed by atoms with Crippen LogP contribution in [-0.2, 0) is 0 Å². The highest BCUT2D eigenvalue weighted by molar-refractivity contribution is 4.79. The lowest BCUT2D eigenvalue weighted by molar-refractivity contribution is -0.893. The van der Waals surface area contributed by atoms with Gasteiger partial charge in [0.1, 0.15) is 0 Å². The van der Waals surface area contributed by atoms with Gasteiger partial charge in [-0.2, -0.15) is 0 Å². The number of quaternary nitrogens is 1. The lowest BCUT2D eigenvalue weighted by Crippen LogP contribution is -2.43.